The molecule has 0 saturated heterocycles. The van der Waals surface area contributed by atoms with Crippen LogP contribution in [0.5, 0.6) is 0 Å². The van der Waals surface area contributed by atoms with E-state index in [0.29, 0.717) is 19.5 Å². The molecule has 0 aliphatic rings. The molecule has 0 saturated carbocycles. The van der Waals surface area contributed by atoms with E-state index in [4.69, 9.17) is 5.73 Å². The Hall–Kier alpha value is -1.49. The summed E-state index contributed by atoms with van der Waals surface area (Å²) in [6.45, 7) is 0.976. The fraction of sp³-hybridized carbons (Fsp3) is 0.364. The Morgan fingerprint density at radius 3 is 2.62 bits per heavy atom. The molecular weight excluding hydrogens is 214 g/mol. The zero-order valence-corrected chi connectivity index (χ0v) is 9.04. The van der Waals surface area contributed by atoms with Crippen LogP contribution in [-0.4, -0.2) is 30.9 Å². The molecule has 0 unspecified atom stereocenters. The van der Waals surface area contributed by atoms with Crippen LogP contribution in [0, 0.1) is 11.6 Å². The van der Waals surface area contributed by atoms with E-state index in [0.717, 1.165) is 12.1 Å². The maximum atomic E-state index is 12.9. The van der Waals surface area contributed by atoms with E-state index < -0.39 is 11.6 Å². The quantitative estimate of drug-likeness (QED) is 0.846. The van der Waals surface area contributed by atoms with Gasteiger partial charge in [0.25, 0.3) is 5.91 Å². The number of nitrogens with two attached hydrogens (primary N) is 1. The fourth-order valence-electron chi connectivity index (χ4n) is 1.28. The Morgan fingerprint density at radius 1 is 1.38 bits per heavy atom. The number of carbonyl (C=O) groups is 1. The first-order valence-corrected chi connectivity index (χ1v) is 4.97. The molecule has 0 fully saturated rings. The molecule has 1 amide bonds. The molecule has 0 atom stereocenters. The summed E-state index contributed by atoms with van der Waals surface area (Å²) in [5.41, 5.74) is 5.45. The van der Waals surface area contributed by atoms with Crippen molar-refractivity contribution in [2.24, 2.45) is 5.73 Å². The van der Waals surface area contributed by atoms with Gasteiger partial charge in [-0.15, -0.1) is 0 Å². The average Bonchev–Trinajstić information content (AvgIpc) is 2.28. The summed E-state index contributed by atoms with van der Waals surface area (Å²) < 4.78 is 25.5. The van der Waals surface area contributed by atoms with Crippen LogP contribution in [0.4, 0.5) is 8.78 Å². The van der Waals surface area contributed by atoms with Gasteiger partial charge < -0.3 is 10.6 Å². The number of amides is 1. The molecule has 2 N–H and O–H groups in total. The minimum Gasteiger partial charge on any atom is -0.342 e. The number of halogens is 2. The zero-order valence-electron chi connectivity index (χ0n) is 9.04. The van der Waals surface area contributed by atoms with Crippen LogP contribution in [0.3, 0.4) is 0 Å². The Labute approximate surface area is 92.8 Å². The number of hydrogen-bond donors (Lipinski definition) is 1. The molecule has 0 radical (unpaired) electrons. The van der Waals surface area contributed by atoms with Gasteiger partial charge in [-0.1, -0.05) is 0 Å². The van der Waals surface area contributed by atoms with Gasteiger partial charge in [0.2, 0.25) is 0 Å². The lowest BCUT2D eigenvalue weighted by molar-refractivity contribution is 0.0794. The number of rotatable bonds is 4. The predicted octanol–water partition coefficient (Wildman–Crippen LogP) is 1.39. The second-order valence-corrected chi connectivity index (χ2v) is 3.50. The van der Waals surface area contributed by atoms with Crippen molar-refractivity contribution < 1.29 is 13.6 Å². The summed E-state index contributed by atoms with van der Waals surface area (Å²) in [4.78, 5) is 13.1. The summed E-state index contributed by atoms with van der Waals surface area (Å²) in [6, 6.07) is 3.11. The zero-order chi connectivity index (χ0) is 12.1. The molecule has 1 rings (SSSR count). The van der Waals surface area contributed by atoms with Gasteiger partial charge in [-0.05, 0) is 31.2 Å². The Balaban J connectivity index is 2.76. The van der Waals surface area contributed by atoms with Crippen molar-refractivity contribution in [1.29, 1.82) is 0 Å². The number of hydrogen-bond acceptors (Lipinski definition) is 2. The van der Waals surface area contributed by atoms with Gasteiger partial charge in [-0.2, -0.15) is 0 Å². The first-order valence-electron chi connectivity index (χ1n) is 4.97. The minimum atomic E-state index is -1.02. The van der Waals surface area contributed by atoms with Gasteiger partial charge in [-0.3, -0.25) is 4.79 Å². The van der Waals surface area contributed by atoms with E-state index in [1.807, 2.05) is 0 Å². The molecule has 1 aromatic rings. The van der Waals surface area contributed by atoms with Gasteiger partial charge in [0.05, 0.1) is 0 Å². The van der Waals surface area contributed by atoms with Crippen LogP contribution in [0.2, 0.25) is 0 Å². The largest absolute Gasteiger partial charge is 0.342 e. The summed E-state index contributed by atoms with van der Waals surface area (Å²) >= 11 is 0. The Bertz CT molecular complexity index is 382. The van der Waals surface area contributed by atoms with Crippen molar-refractivity contribution in [2.45, 2.75) is 6.42 Å². The van der Waals surface area contributed by atoms with E-state index >= 15 is 0 Å². The smallest absolute Gasteiger partial charge is 0.253 e. The average molecular weight is 228 g/mol. The second kappa shape index (κ2) is 5.55. The summed E-state index contributed by atoms with van der Waals surface area (Å²) in [6.07, 6.45) is 0.673. The summed E-state index contributed by atoms with van der Waals surface area (Å²) in [5, 5.41) is 0. The third-order valence-electron chi connectivity index (χ3n) is 2.21. The number of benzene rings is 1. The van der Waals surface area contributed by atoms with Crippen molar-refractivity contribution in [3.8, 4) is 0 Å². The van der Waals surface area contributed by atoms with E-state index in [9.17, 15) is 13.6 Å². The van der Waals surface area contributed by atoms with E-state index in [1.165, 1.54) is 11.0 Å². The normalized spacial score (nSPS) is 10.2. The molecule has 88 valence electrons. The van der Waals surface area contributed by atoms with Crippen molar-refractivity contribution in [3.63, 3.8) is 0 Å². The second-order valence-electron chi connectivity index (χ2n) is 3.50. The highest BCUT2D eigenvalue weighted by Crippen LogP contribution is 2.10. The maximum absolute atomic E-state index is 12.9. The van der Waals surface area contributed by atoms with Gasteiger partial charge in [-0.25, -0.2) is 8.78 Å². The molecular formula is C11H14F2N2O. The lowest BCUT2D eigenvalue weighted by atomic mass is 10.2. The maximum Gasteiger partial charge on any atom is 0.253 e. The number of nitrogens with zero attached hydrogens (tertiary/aromatic N) is 1. The van der Waals surface area contributed by atoms with Crippen LogP contribution in [-0.2, 0) is 0 Å². The van der Waals surface area contributed by atoms with Crippen molar-refractivity contribution >= 4 is 5.91 Å². The van der Waals surface area contributed by atoms with Crippen LogP contribution >= 0.6 is 0 Å². The topological polar surface area (TPSA) is 46.3 Å². The first kappa shape index (κ1) is 12.6. The monoisotopic (exact) mass is 228 g/mol. The summed E-state index contributed by atoms with van der Waals surface area (Å²) in [5.74, 6) is -2.31. The molecule has 1 aromatic carbocycles. The molecule has 0 aromatic heterocycles. The fourth-order valence-corrected chi connectivity index (χ4v) is 1.28. The predicted molar refractivity (Wildman–Crippen MR) is 57.0 cm³/mol. The van der Waals surface area contributed by atoms with Gasteiger partial charge in [0.1, 0.15) is 0 Å². The molecule has 0 aliphatic heterocycles. The Morgan fingerprint density at radius 2 is 2.06 bits per heavy atom. The lowest BCUT2D eigenvalue weighted by Crippen LogP contribution is -2.29. The molecule has 0 heterocycles. The molecule has 5 heteroatoms. The highest BCUT2D eigenvalue weighted by Gasteiger charge is 2.13. The molecule has 0 bridgehead atoms. The lowest BCUT2D eigenvalue weighted by Gasteiger charge is -2.16. The summed E-state index contributed by atoms with van der Waals surface area (Å²) in [7, 11) is 1.60. The molecule has 0 aliphatic carbocycles. The highest BCUT2D eigenvalue weighted by atomic mass is 19.2. The van der Waals surface area contributed by atoms with Crippen molar-refractivity contribution in [3.05, 3.63) is 35.4 Å². The van der Waals surface area contributed by atoms with Gasteiger partial charge in [0.15, 0.2) is 11.6 Å². The Kier molecular flexibility index (Phi) is 4.37. The first-order chi connectivity index (χ1) is 7.56. The molecule has 3 nitrogen and oxygen atoms in total. The van der Waals surface area contributed by atoms with Crippen LogP contribution < -0.4 is 5.73 Å². The SMILES string of the molecule is CN(CCCN)C(=O)c1ccc(F)c(F)c1. The molecule has 16 heavy (non-hydrogen) atoms. The molecule has 0 spiro atoms. The highest BCUT2D eigenvalue weighted by molar-refractivity contribution is 5.94. The van der Waals surface area contributed by atoms with Crippen LogP contribution in [0.15, 0.2) is 18.2 Å². The van der Waals surface area contributed by atoms with Gasteiger partial charge in [0, 0.05) is 19.2 Å². The van der Waals surface area contributed by atoms with E-state index in [2.05, 4.69) is 0 Å². The van der Waals surface area contributed by atoms with Crippen LogP contribution in [0.25, 0.3) is 0 Å². The third kappa shape index (κ3) is 3.00. The third-order valence-corrected chi connectivity index (χ3v) is 2.21. The van der Waals surface area contributed by atoms with E-state index in [-0.39, 0.29) is 11.5 Å². The van der Waals surface area contributed by atoms with Crippen molar-refractivity contribution in [1.82, 2.24) is 4.90 Å². The number of carbonyl (C=O) groups excluding carboxylic acids is 1. The van der Waals surface area contributed by atoms with Gasteiger partial charge >= 0.3 is 0 Å². The standard InChI is InChI=1S/C11H14F2N2O/c1-15(6-2-5-14)11(16)8-3-4-9(12)10(13)7-8/h3-4,7H,2,5-6,14H2,1H3. The van der Waals surface area contributed by atoms with Crippen molar-refractivity contribution in [2.75, 3.05) is 20.1 Å². The minimum absolute atomic E-state index is 0.137. The van der Waals surface area contributed by atoms with E-state index in [1.54, 1.807) is 7.05 Å². The van der Waals surface area contributed by atoms with Crippen LogP contribution in [0.1, 0.15) is 16.8 Å².